The molecule has 0 aliphatic carbocycles. The Balaban J connectivity index is 1.65. The van der Waals surface area contributed by atoms with Gasteiger partial charge in [-0.25, -0.2) is 0 Å². The molecule has 0 saturated carbocycles. The highest BCUT2D eigenvalue weighted by Gasteiger charge is 2.58. The van der Waals surface area contributed by atoms with Crippen LogP contribution in [0, 0.1) is 0 Å². The molecule has 260 valence electrons. The summed E-state index contributed by atoms with van der Waals surface area (Å²) in [5.74, 6) is -2.87. The fourth-order valence-corrected chi connectivity index (χ4v) is 5.54. The largest absolute Gasteiger partial charge is 0.463 e. The highest BCUT2D eigenvalue weighted by molar-refractivity contribution is 5.69. The predicted octanol–water partition coefficient (Wildman–Crippen LogP) is -0.642. The van der Waals surface area contributed by atoms with Gasteiger partial charge < -0.3 is 64.9 Å². The van der Waals surface area contributed by atoms with Crippen molar-refractivity contribution in [1.82, 2.24) is 0 Å². The molecule has 0 aromatic rings. The van der Waals surface area contributed by atoms with Crippen molar-refractivity contribution in [3.63, 3.8) is 0 Å². The third-order valence-corrected chi connectivity index (χ3v) is 8.48. The summed E-state index contributed by atoms with van der Waals surface area (Å²) < 4.78 is 21.4. The third-order valence-electron chi connectivity index (χ3n) is 8.48. The van der Waals surface area contributed by atoms with Crippen LogP contribution in [0.4, 0.5) is 0 Å². The van der Waals surface area contributed by atoms with Gasteiger partial charge in [0.05, 0.1) is 18.8 Å². The van der Waals surface area contributed by atoms with Crippen molar-refractivity contribution in [3.8, 4) is 0 Å². The Labute approximate surface area is 259 Å². The molecule has 2 aliphatic rings. The molecule has 2 fully saturated rings. The molecule has 2 heterocycles. The molecule has 0 radical (unpaired) electrons. The molecular formula is C30H56O14. The standard InChI is InChI=1S/C30H56O14/c1-2-3-4-5-7-10-13-19(33)20(34)14-11-8-6-9-12-15-23(35)41-17-22-24(36)26(38)27(39)29(42-22)44-30(18-32)28(40)25(37)21(16-31)43-30/h19-22,24-29,31-34,36-40H,2-18H2,1H3/t19?,20?,21-,22?,24-,25?,26+,27?,28-,29-,30+/m1/s1. The van der Waals surface area contributed by atoms with Gasteiger partial charge in [0.2, 0.25) is 5.79 Å². The van der Waals surface area contributed by atoms with Gasteiger partial charge in [0, 0.05) is 6.42 Å². The number of ether oxygens (including phenoxy) is 4. The molecule has 5 unspecified atom stereocenters. The molecule has 0 amide bonds. The Hall–Kier alpha value is -1.01. The average Bonchev–Trinajstić information content (AvgIpc) is 3.26. The van der Waals surface area contributed by atoms with Gasteiger partial charge in [-0.2, -0.15) is 0 Å². The second kappa shape index (κ2) is 20.3. The van der Waals surface area contributed by atoms with Crippen molar-refractivity contribution >= 4 is 5.97 Å². The normalized spacial score (nSPS) is 33.8. The minimum Gasteiger partial charge on any atom is -0.463 e. The second-order valence-electron chi connectivity index (χ2n) is 12.1. The summed E-state index contributed by atoms with van der Waals surface area (Å²) in [7, 11) is 0. The third kappa shape index (κ3) is 11.7. The molecule has 9 N–H and O–H groups in total. The maximum Gasteiger partial charge on any atom is 0.305 e. The summed E-state index contributed by atoms with van der Waals surface area (Å²) in [6.45, 7) is -0.0249. The Bertz CT molecular complexity index is 789. The maximum atomic E-state index is 12.3. The van der Waals surface area contributed by atoms with Gasteiger partial charge in [-0.15, -0.1) is 0 Å². The molecule has 14 nitrogen and oxygen atoms in total. The lowest BCUT2D eigenvalue weighted by atomic mass is 9.99. The zero-order chi connectivity index (χ0) is 32.7. The number of aliphatic hydroxyl groups is 9. The van der Waals surface area contributed by atoms with Gasteiger partial charge in [-0.05, 0) is 19.3 Å². The number of hydrogen-bond donors (Lipinski definition) is 9. The number of aliphatic hydroxyl groups excluding tert-OH is 9. The summed E-state index contributed by atoms with van der Waals surface area (Å²) in [5.41, 5.74) is 0. The van der Waals surface area contributed by atoms with E-state index in [0.29, 0.717) is 19.3 Å². The highest BCUT2D eigenvalue weighted by Crippen LogP contribution is 2.36. The lowest BCUT2D eigenvalue weighted by Gasteiger charge is -2.43. The predicted molar refractivity (Wildman–Crippen MR) is 155 cm³/mol. The molecular weight excluding hydrogens is 584 g/mol. The minimum absolute atomic E-state index is 0.0988. The molecule has 0 spiro atoms. The van der Waals surface area contributed by atoms with E-state index in [1.165, 1.54) is 19.3 Å². The molecule has 11 atom stereocenters. The number of carbonyl (C=O) groups is 1. The van der Waals surface area contributed by atoms with Crippen molar-refractivity contribution in [2.75, 3.05) is 19.8 Å². The SMILES string of the molecule is CCCCCCCCC(O)C(O)CCCCCCCC(=O)OCC1O[C@H](O[C@]2(CO)O[C@H](CO)C(O)[C@H]2O)C(O)[C@@H](O)[C@@H]1O. The summed E-state index contributed by atoms with van der Waals surface area (Å²) >= 11 is 0. The number of hydrogen-bond acceptors (Lipinski definition) is 14. The van der Waals surface area contributed by atoms with E-state index in [2.05, 4.69) is 6.92 Å². The average molecular weight is 641 g/mol. The van der Waals surface area contributed by atoms with Gasteiger partial charge >= 0.3 is 5.97 Å². The first kappa shape index (κ1) is 39.2. The molecule has 44 heavy (non-hydrogen) atoms. The van der Waals surface area contributed by atoms with Crippen molar-refractivity contribution in [1.29, 1.82) is 0 Å². The Kier molecular flexibility index (Phi) is 18.0. The number of rotatable bonds is 22. The monoisotopic (exact) mass is 640 g/mol. The summed E-state index contributed by atoms with van der Waals surface area (Å²) in [4.78, 5) is 12.3. The zero-order valence-electron chi connectivity index (χ0n) is 25.9. The zero-order valence-corrected chi connectivity index (χ0v) is 25.9. The first-order valence-electron chi connectivity index (χ1n) is 16.2. The van der Waals surface area contributed by atoms with Crippen LogP contribution in [-0.4, -0.2) is 139 Å². The van der Waals surface area contributed by atoms with Crippen LogP contribution in [-0.2, 0) is 23.7 Å². The second-order valence-corrected chi connectivity index (χ2v) is 12.1. The molecule has 0 aromatic carbocycles. The Morgan fingerprint density at radius 3 is 1.86 bits per heavy atom. The number of carbonyl (C=O) groups excluding carboxylic acids is 1. The molecule has 14 heteroatoms. The first-order valence-corrected chi connectivity index (χ1v) is 16.2. The van der Waals surface area contributed by atoms with E-state index in [-0.39, 0.29) is 6.42 Å². The molecule has 2 saturated heterocycles. The van der Waals surface area contributed by atoms with Gasteiger partial charge in [-0.3, -0.25) is 4.79 Å². The quantitative estimate of drug-likeness (QED) is 0.0529. The van der Waals surface area contributed by atoms with E-state index < -0.39 is 92.8 Å². The van der Waals surface area contributed by atoms with Crippen molar-refractivity contribution in [3.05, 3.63) is 0 Å². The van der Waals surface area contributed by atoms with Crippen LogP contribution in [0.3, 0.4) is 0 Å². The number of esters is 1. The maximum absolute atomic E-state index is 12.3. The molecule has 0 aromatic heterocycles. The van der Waals surface area contributed by atoms with Crippen LogP contribution >= 0.6 is 0 Å². The van der Waals surface area contributed by atoms with E-state index >= 15 is 0 Å². The van der Waals surface area contributed by atoms with E-state index in [0.717, 1.165) is 44.9 Å². The Morgan fingerprint density at radius 2 is 1.32 bits per heavy atom. The van der Waals surface area contributed by atoms with Crippen LogP contribution in [0.5, 0.6) is 0 Å². The topological polar surface area (TPSA) is 236 Å². The van der Waals surface area contributed by atoms with Gasteiger partial charge in [0.25, 0.3) is 0 Å². The lowest BCUT2D eigenvalue weighted by molar-refractivity contribution is -0.383. The summed E-state index contributed by atoms with van der Waals surface area (Å²) in [6, 6.07) is 0. The van der Waals surface area contributed by atoms with Gasteiger partial charge in [0.15, 0.2) is 6.29 Å². The molecule has 2 rings (SSSR count). The highest BCUT2D eigenvalue weighted by atomic mass is 16.8. The van der Waals surface area contributed by atoms with Gasteiger partial charge in [-0.1, -0.05) is 71.1 Å². The minimum atomic E-state index is -2.30. The van der Waals surface area contributed by atoms with Crippen LogP contribution in [0.15, 0.2) is 0 Å². The van der Waals surface area contributed by atoms with E-state index in [9.17, 15) is 50.8 Å². The fourth-order valence-electron chi connectivity index (χ4n) is 5.54. The summed E-state index contributed by atoms with van der Waals surface area (Å²) in [6.07, 6.45) is -2.81. The summed E-state index contributed by atoms with van der Waals surface area (Å²) in [5, 5.41) is 90.8. The molecule has 2 aliphatic heterocycles. The lowest BCUT2D eigenvalue weighted by Crippen LogP contribution is -2.62. The van der Waals surface area contributed by atoms with Crippen LogP contribution < -0.4 is 0 Å². The van der Waals surface area contributed by atoms with Crippen molar-refractivity contribution in [2.24, 2.45) is 0 Å². The van der Waals surface area contributed by atoms with E-state index in [1.807, 2.05) is 0 Å². The van der Waals surface area contributed by atoms with E-state index in [4.69, 9.17) is 18.9 Å². The van der Waals surface area contributed by atoms with Crippen molar-refractivity contribution in [2.45, 2.75) is 164 Å². The smallest absolute Gasteiger partial charge is 0.305 e. The Morgan fingerprint density at radius 1 is 0.750 bits per heavy atom. The fraction of sp³-hybridized carbons (Fsp3) is 0.967. The van der Waals surface area contributed by atoms with Crippen molar-refractivity contribution < 1.29 is 69.7 Å². The van der Waals surface area contributed by atoms with Crippen LogP contribution in [0.25, 0.3) is 0 Å². The van der Waals surface area contributed by atoms with E-state index in [1.54, 1.807) is 0 Å². The first-order chi connectivity index (χ1) is 21.0. The van der Waals surface area contributed by atoms with Crippen LogP contribution in [0.1, 0.15) is 96.8 Å². The molecule has 0 bridgehead atoms. The number of unbranched alkanes of at least 4 members (excludes halogenated alkanes) is 9. The van der Waals surface area contributed by atoms with Crippen LogP contribution in [0.2, 0.25) is 0 Å². The van der Waals surface area contributed by atoms with Gasteiger partial charge in [0.1, 0.15) is 55.9 Å².